The number of nitrogens with one attached hydrogen (secondary N) is 1. The van der Waals surface area contributed by atoms with Gasteiger partial charge in [0.1, 0.15) is 0 Å². The maximum absolute atomic E-state index is 6.33. The molecule has 0 saturated carbocycles. The van der Waals surface area contributed by atoms with Gasteiger partial charge < -0.3 is 19.5 Å². The van der Waals surface area contributed by atoms with Crippen molar-refractivity contribution in [1.29, 1.82) is 0 Å². The van der Waals surface area contributed by atoms with Crippen LogP contribution in [-0.4, -0.2) is 33.5 Å². The van der Waals surface area contributed by atoms with Crippen LogP contribution in [0.2, 0.25) is 5.02 Å². The fourth-order valence-electron chi connectivity index (χ4n) is 2.42. The normalized spacial score (nSPS) is 18.2. The Kier molecular flexibility index (Phi) is 5.95. The summed E-state index contributed by atoms with van der Waals surface area (Å²) in [5.74, 6) is 1.24. The lowest BCUT2D eigenvalue weighted by Gasteiger charge is -2.14. The minimum absolute atomic E-state index is 0.420. The predicted molar refractivity (Wildman–Crippen MR) is 79.9 cm³/mol. The Morgan fingerprint density at radius 2 is 2.20 bits per heavy atom. The number of methoxy groups -OCH3 is 2. The van der Waals surface area contributed by atoms with Crippen LogP contribution in [0.4, 0.5) is 0 Å². The summed E-state index contributed by atoms with van der Waals surface area (Å²) in [6.07, 6.45) is 3.83. The number of rotatable bonds is 7. The van der Waals surface area contributed by atoms with Crippen molar-refractivity contribution in [3.05, 3.63) is 22.7 Å². The molecule has 20 heavy (non-hydrogen) atoms. The molecule has 1 aliphatic heterocycles. The summed E-state index contributed by atoms with van der Waals surface area (Å²) in [6.45, 7) is 2.55. The van der Waals surface area contributed by atoms with E-state index in [2.05, 4.69) is 5.32 Å². The van der Waals surface area contributed by atoms with Crippen molar-refractivity contribution in [2.24, 2.45) is 0 Å². The van der Waals surface area contributed by atoms with Crippen LogP contribution < -0.4 is 14.8 Å². The molecule has 0 spiro atoms. The molecule has 112 valence electrons. The number of hydrogen-bond acceptors (Lipinski definition) is 4. The molecule has 1 aromatic carbocycles. The minimum atomic E-state index is 0.420. The van der Waals surface area contributed by atoms with E-state index in [0.717, 1.165) is 25.1 Å². The second-order valence-corrected chi connectivity index (χ2v) is 5.25. The Hall–Kier alpha value is -0.970. The van der Waals surface area contributed by atoms with Crippen molar-refractivity contribution in [3.63, 3.8) is 0 Å². The molecule has 1 heterocycles. The van der Waals surface area contributed by atoms with Gasteiger partial charge in [0.15, 0.2) is 11.5 Å². The average Bonchev–Trinajstić information content (AvgIpc) is 2.97. The van der Waals surface area contributed by atoms with Crippen LogP contribution in [0.3, 0.4) is 0 Å². The molecule has 0 aromatic heterocycles. The van der Waals surface area contributed by atoms with Gasteiger partial charge in [-0.3, -0.25) is 0 Å². The molecule has 1 atom stereocenters. The molecule has 4 nitrogen and oxygen atoms in total. The maximum atomic E-state index is 6.33. The predicted octanol–water partition coefficient (Wildman–Crippen LogP) is 3.02. The quantitative estimate of drug-likeness (QED) is 0.786. The number of hydrogen-bond donors (Lipinski definition) is 1. The van der Waals surface area contributed by atoms with Crippen molar-refractivity contribution >= 4 is 11.6 Å². The van der Waals surface area contributed by atoms with Crippen molar-refractivity contribution in [1.82, 2.24) is 5.32 Å². The highest BCUT2D eigenvalue weighted by Crippen LogP contribution is 2.37. The fourth-order valence-corrected chi connectivity index (χ4v) is 2.72. The smallest absolute Gasteiger partial charge is 0.179 e. The molecule has 2 rings (SSSR count). The molecular formula is C15H22ClNO3. The third kappa shape index (κ3) is 3.78. The zero-order valence-corrected chi connectivity index (χ0v) is 12.8. The molecule has 0 radical (unpaired) electrons. The third-order valence-electron chi connectivity index (χ3n) is 3.55. The van der Waals surface area contributed by atoms with Gasteiger partial charge in [-0.25, -0.2) is 0 Å². The van der Waals surface area contributed by atoms with E-state index >= 15 is 0 Å². The monoisotopic (exact) mass is 299 g/mol. The third-order valence-corrected chi connectivity index (χ3v) is 3.96. The van der Waals surface area contributed by atoms with Gasteiger partial charge in [0.2, 0.25) is 0 Å². The van der Waals surface area contributed by atoms with Crippen molar-refractivity contribution in [3.8, 4) is 11.5 Å². The first kappa shape index (κ1) is 15.4. The lowest BCUT2D eigenvalue weighted by Crippen LogP contribution is -2.20. The van der Waals surface area contributed by atoms with Gasteiger partial charge >= 0.3 is 0 Å². The zero-order chi connectivity index (χ0) is 14.4. The molecule has 0 bridgehead atoms. The van der Waals surface area contributed by atoms with Crippen molar-refractivity contribution in [2.75, 3.05) is 27.4 Å². The first-order valence-electron chi connectivity index (χ1n) is 6.98. The largest absolute Gasteiger partial charge is 0.493 e. The second-order valence-electron chi connectivity index (χ2n) is 4.87. The van der Waals surface area contributed by atoms with Crippen LogP contribution in [0.5, 0.6) is 11.5 Å². The number of ether oxygens (including phenoxy) is 3. The highest BCUT2D eigenvalue weighted by Gasteiger charge is 2.15. The average molecular weight is 300 g/mol. The van der Waals surface area contributed by atoms with Gasteiger partial charge in [0, 0.05) is 13.2 Å². The Bertz CT molecular complexity index is 433. The Balaban J connectivity index is 1.85. The molecular weight excluding hydrogens is 278 g/mol. The van der Waals surface area contributed by atoms with E-state index in [-0.39, 0.29) is 0 Å². The second kappa shape index (κ2) is 7.72. The van der Waals surface area contributed by atoms with Crippen LogP contribution in [0, 0.1) is 0 Å². The molecule has 1 unspecified atom stereocenters. The molecule has 1 saturated heterocycles. The van der Waals surface area contributed by atoms with E-state index in [1.165, 1.54) is 12.8 Å². The highest BCUT2D eigenvalue weighted by atomic mass is 35.5. The van der Waals surface area contributed by atoms with E-state index in [4.69, 9.17) is 25.8 Å². The molecule has 1 N–H and O–H groups in total. The van der Waals surface area contributed by atoms with Crippen molar-refractivity contribution < 1.29 is 14.2 Å². The number of halogens is 1. The summed E-state index contributed by atoms with van der Waals surface area (Å²) in [5.41, 5.74) is 1.01. The van der Waals surface area contributed by atoms with Gasteiger partial charge in [-0.1, -0.05) is 17.7 Å². The molecule has 0 aliphatic carbocycles. The zero-order valence-electron chi connectivity index (χ0n) is 12.1. The van der Waals surface area contributed by atoms with Gasteiger partial charge in [-0.2, -0.15) is 0 Å². The first-order valence-corrected chi connectivity index (χ1v) is 7.35. The van der Waals surface area contributed by atoms with Gasteiger partial charge in [0.05, 0.1) is 25.3 Å². The van der Waals surface area contributed by atoms with Gasteiger partial charge in [0.25, 0.3) is 0 Å². The standard InChI is InChI=1S/C15H22ClNO3/c1-18-13-6-5-11(14(16)15(13)19-2)10-17-8-7-12-4-3-9-20-12/h5-6,12,17H,3-4,7-10H2,1-2H3. The van der Waals surface area contributed by atoms with Crippen LogP contribution in [0.1, 0.15) is 24.8 Å². The first-order chi connectivity index (χ1) is 9.76. The van der Waals surface area contributed by atoms with E-state index in [1.807, 2.05) is 12.1 Å². The van der Waals surface area contributed by atoms with Gasteiger partial charge in [-0.05, 0) is 37.4 Å². The summed E-state index contributed by atoms with van der Waals surface area (Å²) in [4.78, 5) is 0. The number of benzene rings is 1. The molecule has 1 aliphatic rings. The van der Waals surface area contributed by atoms with Crippen molar-refractivity contribution in [2.45, 2.75) is 31.9 Å². The lowest BCUT2D eigenvalue weighted by molar-refractivity contribution is 0.104. The summed E-state index contributed by atoms with van der Waals surface area (Å²) < 4.78 is 16.1. The summed E-state index contributed by atoms with van der Waals surface area (Å²) in [6, 6.07) is 3.84. The fraction of sp³-hybridized carbons (Fsp3) is 0.600. The Labute approximate surface area is 125 Å². The van der Waals surface area contributed by atoms with E-state index in [0.29, 0.717) is 29.2 Å². The Morgan fingerprint density at radius 3 is 2.85 bits per heavy atom. The maximum Gasteiger partial charge on any atom is 0.179 e. The molecule has 5 heteroatoms. The topological polar surface area (TPSA) is 39.7 Å². The molecule has 0 amide bonds. The Morgan fingerprint density at radius 1 is 1.35 bits per heavy atom. The molecule has 1 fully saturated rings. The van der Waals surface area contributed by atoms with E-state index in [1.54, 1.807) is 14.2 Å². The van der Waals surface area contributed by atoms with Crippen LogP contribution in [0.25, 0.3) is 0 Å². The summed E-state index contributed by atoms with van der Waals surface area (Å²) in [5, 5.41) is 4.01. The highest BCUT2D eigenvalue weighted by molar-refractivity contribution is 6.33. The van der Waals surface area contributed by atoms with Gasteiger partial charge in [-0.15, -0.1) is 0 Å². The summed E-state index contributed by atoms with van der Waals surface area (Å²) in [7, 11) is 3.20. The van der Waals surface area contributed by atoms with Crippen LogP contribution >= 0.6 is 11.6 Å². The van der Waals surface area contributed by atoms with E-state index in [9.17, 15) is 0 Å². The summed E-state index contributed by atoms with van der Waals surface area (Å²) >= 11 is 6.33. The lowest BCUT2D eigenvalue weighted by atomic mass is 10.1. The van der Waals surface area contributed by atoms with Crippen LogP contribution in [-0.2, 0) is 11.3 Å². The minimum Gasteiger partial charge on any atom is -0.493 e. The molecule has 1 aromatic rings. The van der Waals surface area contributed by atoms with E-state index < -0.39 is 0 Å². The van der Waals surface area contributed by atoms with Crippen LogP contribution in [0.15, 0.2) is 12.1 Å². The SMILES string of the molecule is COc1ccc(CNCCC2CCCO2)c(Cl)c1OC.